The first-order valence-corrected chi connectivity index (χ1v) is 11.0. The Hall–Kier alpha value is -2.44. The quantitative estimate of drug-likeness (QED) is 0.568. The van der Waals surface area contributed by atoms with E-state index in [9.17, 15) is 0 Å². The zero-order chi connectivity index (χ0) is 21.1. The molecule has 1 fully saturated rings. The number of piperidine rings is 1. The number of halogens is 1. The van der Waals surface area contributed by atoms with Crippen molar-refractivity contribution in [1.29, 1.82) is 0 Å². The van der Waals surface area contributed by atoms with Gasteiger partial charge in [0.1, 0.15) is 0 Å². The van der Waals surface area contributed by atoms with Crippen LogP contribution in [-0.4, -0.2) is 45.3 Å². The Labute approximate surface area is 183 Å². The van der Waals surface area contributed by atoms with Crippen LogP contribution in [0.2, 0.25) is 5.02 Å². The Balaban J connectivity index is 1.73. The monoisotopic (exact) mass is 424 g/mol. The van der Waals surface area contributed by atoms with Gasteiger partial charge in [0, 0.05) is 55.7 Å². The van der Waals surface area contributed by atoms with Crippen LogP contribution < -0.4 is 4.90 Å². The van der Waals surface area contributed by atoms with Crippen molar-refractivity contribution in [3.63, 3.8) is 0 Å². The molecule has 0 N–H and O–H groups in total. The SMILES string of the molecule is CCn1cc(CN2CCCCC2c2nc(N(C)C)ncc2-c2cccc(Cl)c2)cn1. The maximum atomic E-state index is 6.30. The van der Waals surface area contributed by atoms with Gasteiger partial charge in [0.2, 0.25) is 5.95 Å². The first-order chi connectivity index (χ1) is 14.5. The van der Waals surface area contributed by atoms with E-state index in [4.69, 9.17) is 16.6 Å². The van der Waals surface area contributed by atoms with Crippen LogP contribution in [0.15, 0.2) is 42.9 Å². The average Bonchev–Trinajstić information content (AvgIpc) is 3.21. The summed E-state index contributed by atoms with van der Waals surface area (Å²) in [5.41, 5.74) is 4.45. The highest BCUT2D eigenvalue weighted by atomic mass is 35.5. The van der Waals surface area contributed by atoms with E-state index in [1.165, 1.54) is 18.4 Å². The van der Waals surface area contributed by atoms with Crippen molar-refractivity contribution in [2.75, 3.05) is 25.5 Å². The number of anilines is 1. The molecule has 1 unspecified atom stereocenters. The Morgan fingerprint density at radius 1 is 1.20 bits per heavy atom. The molecule has 0 radical (unpaired) electrons. The van der Waals surface area contributed by atoms with E-state index >= 15 is 0 Å². The highest BCUT2D eigenvalue weighted by Crippen LogP contribution is 2.37. The minimum absolute atomic E-state index is 0.236. The topological polar surface area (TPSA) is 50.1 Å². The van der Waals surface area contributed by atoms with E-state index in [0.717, 1.165) is 53.8 Å². The van der Waals surface area contributed by atoms with Crippen LogP contribution in [0.3, 0.4) is 0 Å². The largest absolute Gasteiger partial charge is 0.347 e. The molecule has 6 nitrogen and oxygen atoms in total. The number of hydrogen-bond acceptors (Lipinski definition) is 5. The van der Waals surface area contributed by atoms with Gasteiger partial charge in [-0.3, -0.25) is 9.58 Å². The predicted molar refractivity (Wildman–Crippen MR) is 122 cm³/mol. The van der Waals surface area contributed by atoms with Crippen molar-refractivity contribution in [2.45, 2.75) is 45.3 Å². The lowest BCUT2D eigenvalue weighted by molar-refractivity contribution is 0.137. The van der Waals surface area contributed by atoms with Crippen molar-refractivity contribution in [2.24, 2.45) is 0 Å². The summed E-state index contributed by atoms with van der Waals surface area (Å²) in [4.78, 5) is 14.1. The van der Waals surface area contributed by atoms with Gasteiger partial charge in [-0.05, 0) is 44.0 Å². The highest BCUT2D eigenvalue weighted by Gasteiger charge is 2.29. The van der Waals surface area contributed by atoms with Gasteiger partial charge in [0.25, 0.3) is 0 Å². The van der Waals surface area contributed by atoms with Gasteiger partial charge in [-0.1, -0.05) is 30.2 Å². The van der Waals surface area contributed by atoms with Crippen molar-refractivity contribution in [3.8, 4) is 11.1 Å². The maximum Gasteiger partial charge on any atom is 0.225 e. The molecule has 0 saturated carbocycles. The number of aryl methyl sites for hydroxylation is 1. The Bertz CT molecular complexity index is 999. The Morgan fingerprint density at radius 2 is 2.07 bits per heavy atom. The molecule has 1 saturated heterocycles. The smallest absolute Gasteiger partial charge is 0.225 e. The fourth-order valence-electron chi connectivity index (χ4n) is 4.12. The standard InChI is InChI=1S/C23H29ClN6/c1-4-30-16-17(13-26-30)15-29-11-6-5-10-21(29)22-20(14-25-23(27-22)28(2)3)18-8-7-9-19(24)12-18/h7-9,12-14,16,21H,4-6,10-11,15H2,1-3H3. The minimum atomic E-state index is 0.236. The number of nitrogens with zero attached hydrogens (tertiary/aromatic N) is 6. The van der Waals surface area contributed by atoms with Gasteiger partial charge in [-0.2, -0.15) is 5.10 Å². The third-order valence-electron chi connectivity index (χ3n) is 5.67. The van der Waals surface area contributed by atoms with E-state index in [2.05, 4.69) is 34.2 Å². The van der Waals surface area contributed by atoms with Crippen LogP contribution in [0.1, 0.15) is 43.5 Å². The fourth-order valence-corrected chi connectivity index (χ4v) is 4.31. The van der Waals surface area contributed by atoms with Gasteiger partial charge in [-0.25, -0.2) is 9.97 Å². The van der Waals surface area contributed by atoms with E-state index in [0.29, 0.717) is 0 Å². The summed E-state index contributed by atoms with van der Waals surface area (Å²) in [6, 6.07) is 8.20. The van der Waals surface area contributed by atoms with Gasteiger partial charge < -0.3 is 4.90 Å². The lowest BCUT2D eigenvalue weighted by Gasteiger charge is -2.36. The molecule has 0 aliphatic carbocycles. The van der Waals surface area contributed by atoms with E-state index in [1.807, 2.05) is 54.3 Å². The maximum absolute atomic E-state index is 6.30. The van der Waals surface area contributed by atoms with E-state index < -0.39 is 0 Å². The van der Waals surface area contributed by atoms with Crippen LogP contribution >= 0.6 is 11.6 Å². The zero-order valence-corrected chi connectivity index (χ0v) is 18.7. The summed E-state index contributed by atoms with van der Waals surface area (Å²) in [5.74, 6) is 0.736. The molecule has 0 bridgehead atoms. The molecule has 1 atom stereocenters. The summed E-state index contributed by atoms with van der Waals surface area (Å²) in [7, 11) is 3.96. The van der Waals surface area contributed by atoms with Gasteiger partial charge in [0.15, 0.2) is 0 Å². The Kier molecular flexibility index (Phi) is 6.35. The molecule has 1 aliphatic heterocycles. The molecule has 0 amide bonds. The molecule has 3 aromatic rings. The molecule has 4 rings (SSSR count). The average molecular weight is 425 g/mol. The highest BCUT2D eigenvalue weighted by molar-refractivity contribution is 6.30. The lowest BCUT2D eigenvalue weighted by Crippen LogP contribution is -2.34. The third kappa shape index (κ3) is 4.50. The molecule has 158 valence electrons. The van der Waals surface area contributed by atoms with Crippen LogP contribution in [0.5, 0.6) is 0 Å². The van der Waals surface area contributed by atoms with Crippen molar-refractivity contribution >= 4 is 17.5 Å². The second kappa shape index (κ2) is 9.14. The lowest BCUT2D eigenvalue weighted by atomic mass is 9.93. The second-order valence-electron chi connectivity index (χ2n) is 8.06. The van der Waals surface area contributed by atoms with E-state index in [-0.39, 0.29) is 6.04 Å². The molecule has 2 aromatic heterocycles. The van der Waals surface area contributed by atoms with Gasteiger partial charge >= 0.3 is 0 Å². The number of hydrogen-bond donors (Lipinski definition) is 0. The number of likely N-dealkylation sites (tertiary alicyclic amines) is 1. The number of aromatic nitrogens is 4. The van der Waals surface area contributed by atoms with Crippen LogP contribution in [0, 0.1) is 0 Å². The summed E-state index contributed by atoms with van der Waals surface area (Å²) < 4.78 is 1.99. The summed E-state index contributed by atoms with van der Waals surface area (Å²) in [6.45, 7) is 4.93. The van der Waals surface area contributed by atoms with Crippen LogP contribution in [0.4, 0.5) is 5.95 Å². The molecule has 30 heavy (non-hydrogen) atoms. The van der Waals surface area contributed by atoms with Crippen LogP contribution in [0.25, 0.3) is 11.1 Å². The van der Waals surface area contributed by atoms with Crippen LogP contribution in [-0.2, 0) is 13.1 Å². The summed E-state index contributed by atoms with van der Waals surface area (Å²) in [5, 5.41) is 5.18. The first kappa shape index (κ1) is 20.8. The van der Waals surface area contributed by atoms with Crippen molar-refractivity contribution in [1.82, 2.24) is 24.6 Å². The molecule has 1 aromatic carbocycles. The third-order valence-corrected chi connectivity index (χ3v) is 5.90. The molecule has 1 aliphatic rings. The van der Waals surface area contributed by atoms with Crippen molar-refractivity contribution < 1.29 is 0 Å². The predicted octanol–water partition coefficient (Wildman–Crippen LogP) is 4.81. The molecule has 7 heteroatoms. The fraction of sp³-hybridized carbons (Fsp3) is 0.435. The van der Waals surface area contributed by atoms with Crippen molar-refractivity contribution in [3.05, 3.63) is 59.1 Å². The zero-order valence-electron chi connectivity index (χ0n) is 17.9. The summed E-state index contributed by atoms with van der Waals surface area (Å²) >= 11 is 6.30. The normalized spacial score (nSPS) is 17.3. The molecular formula is C23H29ClN6. The Morgan fingerprint density at radius 3 is 2.80 bits per heavy atom. The van der Waals surface area contributed by atoms with E-state index in [1.54, 1.807) is 0 Å². The molecular weight excluding hydrogens is 396 g/mol. The van der Waals surface area contributed by atoms with Gasteiger partial charge in [-0.15, -0.1) is 0 Å². The minimum Gasteiger partial charge on any atom is -0.347 e. The van der Waals surface area contributed by atoms with Gasteiger partial charge in [0.05, 0.1) is 17.9 Å². The number of rotatable bonds is 6. The summed E-state index contributed by atoms with van der Waals surface area (Å²) in [6.07, 6.45) is 9.57. The molecule has 0 spiro atoms. The number of benzene rings is 1. The first-order valence-electron chi connectivity index (χ1n) is 10.6. The molecule has 3 heterocycles. The second-order valence-corrected chi connectivity index (χ2v) is 8.50.